The fourth-order valence-corrected chi connectivity index (χ4v) is 2.39. The monoisotopic (exact) mass is 342 g/mol. The summed E-state index contributed by atoms with van der Waals surface area (Å²) >= 11 is 4.04. The van der Waals surface area contributed by atoms with Crippen molar-refractivity contribution in [2.45, 2.75) is 33.1 Å². The Hall–Kier alpha value is -2.27. The van der Waals surface area contributed by atoms with Crippen LogP contribution in [0.1, 0.15) is 42.3 Å². The molecule has 0 aliphatic heterocycles. The smallest absolute Gasteiger partial charge is 0.307 e. The highest BCUT2D eigenvalue weighted by atomic mass is 32.1. The van der Waals surface area contributed by atoms with Crippen molar-refractivity contribution in [3.63, 3.8) is 0 Å². The second-order valence-electron chi connectivity index (χ2n) is 6.74. The molecule has 0 saturated carbocycles. The van der Waals surface area contributed by atoms with E-state index in [1.807, 2.05) is 37.3 Å². The second-order valence-corrected chi connectivity index (χ2v) is 7.14. The van der Waals surface area contributed by atoms with Gasteiger partial charge in [0.05, 0.1) is 0 Å². The van der Waals surface area contributed by atoms with Gasteiger partial charge in [0.25, 0.3) is 5.91 Å². The zero-order chi connectivity index (χ0) is 17.9. The van der Waals surface area contributed by atoms with Gasteiger partial charge in [0.1, 0.15) is 0 Å². The third-order valence-electron chi connectivity index (χ3n) is 3.65. The summed E-state index contributed by atoms with van der Waals surface area (Å²) in [6.07, 6.45) is 0. The number of carbonyl (C=O) groups is 2. The number of aryl methyl sites for hydroxylation is 1. The lowest BCUT2D eigenvalue weighted by atomic mass is 9.87. The molecule has 5 heteroatoms. The van der Waals surface area contributed by atoms with Crippen molar-refractivity contribution in [1.29, 1.82) is 0 Å². The highest BCUT2D eigenvalue weighted by molar-refractivity contribution is 7.79. The molecular weight excluding hydrogens is 320 g/mol. The number of hydrogen-bond acceptors (Lipinski definition) is 3. The van der Waals surface area contributed by atoms with Crippen molar-refractivity contribution in [2.75, 3.05) is 5.32 Å². The molecule has 2 rings (SSSR count). The number of imide groups is 1. The van der Waals surface area contributed by atoms with Gasteiger partial charge < -0.3 is 5.32 Å². The van der Waals surface area contributed by atoms with Crippen LogP contribution in [0.15, 0.2) is 48.5 Å². The molecule has 0 unspecified atom stereocenters. The molecule has 0 spiro atoms. The third kappa shape index (κ3) is 4.38. The van der Waals surface area contributed by atoms with Crippen LogP contribution in [0.5, 0.6) is 0 Å². The highest BCUT2D eigenvalue weighted by Crippen LogP contribution is 2.23. The number of thiol groups is 1. The van der Waals surface area contributed by atoms with Crippen molar-refractivity contribution in [1.82, 2.24) is 4.31 Å². The Morgan fingerprint density at radius 3 is 2.21 bits per heavy atom. The van der Waals surface area contributed by atoms with Crippen molar-refractivity contribution < 1.29 is 9.59 Å². The minimum absolute atomic E-state index is 0.00474. The van der Waals surface area contributed by atoms with Crippen LogP contribution >= 0.6 is 12.8 Å². The fraction of sp³-hybridized carbons (Fsp3) is 0.263. The summed E-state index contributed by atoms with van der Waals surface area (Å²) in [5.74, 6) is -0.469. The number of nitrogens with zero attached hydrogens (tertiary/aromatic N) is 1. The molecule has 0 heterocycles. The van der Waals surface area contributed by atoms with Crippen molar-refractivity contribution in [2.24, 2.45) is 0 Å². The van der Waals surface area contributed by atoms with Crippen LogP contribution in [0.4, 0.5) is 10.5 Å². The molecule has 0 fully saturated rings. The second kappa shape index (κ2) is 7.09. The number of nitrogens with one attached hydrogen (secondary N) is 1. The van der Waals surface area contributed by atoms with E-state index >= 15 is 0 Å². The van der Waals surface area contributed by atoms with E-state index in [1.54, 1.807) is 18.2 Å². The van der Waals surface area contributed by atoms with Crippen molar-refractivity contribution in [3.05, 3.63) is 65.2 Å². The van der Waals surface area contributed by atoms with E-state index < -0.39 is 11.9 Å². The third-order valence-corrected chi connectivity index (χ3v) is 4.02. The van der Waals surface area contributed by atoms with Crippen LogP contribution in [0.2, 0.25) is 0 Å². The van der Waals surface area contributed by atoms with Crippen LogP contribution in [-0.4, -0.2) is 16.2 Å². The van der Waals surface area contributed by atoms with Crippen LogP contribution in [0.3, 0.4) is 0 Å². The van der Waals surface area contributed by atoms with Gasteiger partial charge in [0.15, 0.2) is 0 Å². The topological polar surface area (TPSA) is 49.4 Å². The molecule has 0 radical (unpaired) electrons. The summed E-state index contributed by atoms with van der Waals surface area (Å²) in [4.78, 5) is 24.6. The van der Waals surface area contributed by atoms with E-state index in [0.717, 1.165) is 15.4 Å². The quantitative estimate of drug-likeness (QED) is 0.769. The van der Waals surface area contributed by atoms with E-state index in [4.69, 9.17) is 0 Å². The van der Waals surface area contributed by atoms with Crippen molar-refractivity contribution in [3.8, 4) is 0 Å². The highest BCUT2D eigenvalue weighted by Gasteiger charge is 2.21. The maximum atomic E-state index is 12.4. The Morgan fingerprint density at radius 1 is 1.04 bits per heavy atom. The molecule has 0 aliphatic carbocycles. The summed E-state index contributed by atoms with van der Waals surface area (Å²) < 4.78 is 0.786. The van der Waals surface area contributed by atoms with Gasteiger partial charge in [0, 0.05) is 11.3 Å². The number of anilines is 1. The summed E-state index contributed by atoms with van der Waals surface area (Å²) in [6.45, 7) is 8.23. The zero-order valence-corrected chi connectivity index (χ0v) is 15.2. The minimum Gasteiger partial charge on any atom is -0.307 e. The Bertz CT molecular complexity index is 749. The molecule has 0 bridgehead atoms. The van der Waals surface area contributed by atoms with E-state index in [9.17, 15) is 9.59 Å². The van der Waals surface area contributed by atoms with Crippen LogP contribution in [0.25, 0.3) is 0 Å². The molecule has 2 aromatic carbocycles. The molecule has 2 aromatic rings. The van der Waals surface area contributed by atoms with Gasteiger partial charge in [-0.05, 0) is 47.7 Å². The standard InChI is InChI=1S/C19H22N2O2S/c1-13-6-5-7-16(12-13)20-18(23)21(24)17(22)14-8-10-15(11-9-14)19(2,3)4/h5-12,24H,1-4H3,(H,20,23). The normalized spacial score (nSPS) is 11.0. The minimum atomic E-state index is -0.589. The first-order valence-corrected chi connectivity index (χ1v) is 8.10. The Morgan fingerprint density at radius 2 is 1.67 bits per heavy atom. The Balaban J connectivity index is 2.09. The number of urea groups is 1. The van der Waals surface area contributed by atoms with Gasteiger partial charge >= 0.3 is 6.03 Å². The van der Waals surface area contributed by atoms with Crippen LogP contribution in [-0.2, 0) is 5.41 Å². The van der Waals surface area contributed by atoms with Gasteiger partial charge in [-0.25, -0.2) is 9.10 Å². The summed E-state index contributed by atoms with van der Waals surface area (Å²) in [7, 11) is 0. The van der Waals surface area contributed by atoms with E-state index in [-0.39, 0.29) is 5.41 Å². The molecule has 1 N–H and O–H groups in total. The first-order valence-electron chi connectivity index (χ1n) is 7.70. The maximum Gasteiger partial charge on any atom is 0.338 e. The number of amides is 3. The van der Waals surface area contributed by atoms with Crippen molar-refractivity contribution >= 4 is 30.4 Å². The number of benzene rings is 2. The summed E-state index contributed by atoms with van der Waals surface area (Å²) in [5.41, 5.74) is 3.18. The van der Waals surface area contributed by atoms with Gasteiger partial charge in [0.2, 0.25) is 0 Å². The van der Waals surface area contributed by atoms with Gasteiger partial charge in [-0.3, -0.25) is 4.79 Å². The van der Waals surface area contributed by atoms with E-state index in [1.165, 1.54) is 0 Å². The average molecular weight is 342 g/mol. The molecule has 0 atom stereocenters. The Kier molecular flexibility index (Phi) is 5.34. The van der Waals surface area contributed by atoms with Crippen LogP contribution < -0.4 is 5.32 Å². The molecule has 0 saturated heterocycles. The van der Waals surface area contributed by atoms with Gasteiger partial charge in [-0.2, -0.15) is 0 Å². The van der Waals surface area contributed by atoms with Gasteiger partial charge in [-0.15, -0.1) is 0 Å². The SMILES string of the molecule is Cc1cccc(NC(=O)N(S)C(=O)c2ccc(C(C)(C)C)cc2)c1. The van der Waals surface area contributed by atoms with E-state index in [2.05, 4.69) is 38.9 Å². The summed E-state index contributed by atoms with van der Waals surface area (Å²) in [6, 6.07) is 14.0. The largest absolute Gasteiger partial charge is 0.338 e. The molecule has 0 aromatic heterocycles. The van der Waals surface area contributed by atoms with Gasteiger partial charge in [-0.1, -0.05) is 57.9 Å². The van der Waals surface area contributed by atoms with E-state index in [0.29, 0.717) is 11.3 Å². The summed E-state index contributed by atoms with van der Waals surface area (Å²) in [5, 5.41) is 2.66. The number of rotatable bonds is 2. The molecule has 0 aliphatic rings. The molecule has 4 nitrogen and oxygen atoms in total. The predicted octanol–water partition coefficient (Wildman–Crippen LogP) is 4.81. The first-order chi connectivity index (χ1) is 11.2. The Labute approximate surface area is 148 Å². The maximum absolute atomic E-state index is 12.4. The number of carbonyl (C=O) groups excluding carboxylic acids is 2. The lowest BCUT2D eigenvalue weighted by Gasteiger charge is -2.20. The predicted molar refractivity (Wildman–Crippen MR) is 100 cm³/mol. The molecule has 126 valence electrons. The molecule has 3 amide bonds. The first kappa shape index (κ1) is 18.1. The lowest BCUT2D eigenvalue weighted by molar-refractivity contribution is 0.0901. The molecular formula is C19H22N2O2S. The number of hydrogen-bond donors (Lipinski definition) is 2. The zero-order valence-electron chi connectivity index (χ0n) is 14.3. The van der Waals surface area contributed by atoms with Crippen LogP contribution in [0, 0.1) is 6.92 Å². The lowest BCUT2D eigenvalue weighted by Crippen LogP contribution is -2.32. The average Bonchev–Trinajstić information content (AvgIpc) is 2.52. The fourth-order valence-electron chi connectivity index (χ4n) is 2.23. The molecule has 24 heavy (non-hydrogen) atoms.